The molecule has 200 valence electrons. The van der Waals surface area contributed by atoms with Gasteiger partial charge in [0.2, 0.25) is 0 Å². The number of nitrogen functional groups attached to an aromatic ring is 1. The minimum atomic E-state index is -4.92. The molecular formula is C24H25F2N7O4S. The molecule has 1 aromatic carbocycles. The van der Waals surface area contributed by atoms with E-state index in [0.717, 1.165) is 56.0 Å². The summed E-state index contributed by atoms with van der Waals surface area (Å²) in [6.45, 7) is 0. The largest absolute Gasteiger partial charge is 0.382 e. The van der Waals surface area contributed by atoms with E-state index in [0.29, 0.717) is 0 Å². The van der Waals surface area contributed by atoms with Gasteiger partial charge in [-0.1, -0.05) is 12.8 Å². The Morgan fingerprint density at radius 1 is 1.08 bits per heavy atom. The maximum atomic E-state index is 14.9. The maximum Gasteiger partial charge on any atom is 0.332 e. The Hall–Kier alpha value is -4.17. The molecule has 1 aliphatic rings. The van der Waals surface area contributed by atoms with Crippen molar-refractivity contribution in [2.45, 2.75) is 42.7 Å². The van der Waals surface area contributed by atoms with Crippen LogP contribution in [0.2, 0.25) is 0 Å². The number of halogens is 2. The Bertz CT molecular complexity index is 1500. The molecule has 2 aromatic heterocycles. The lowest BCUT2D eigenvalue weighted by molar-refractivity contribution is 0.0997. The number of pyridine rings is 2. The van der Waals surface area contributed by atoms with E-state index < -0.39 is 32.8 Å². The van der Waals surface area contributed by atoms with Crippen LogP contribution in [0.3, 0.4) is 0 Å². The van der Waals surface area contributed by atoms with Crippen molar-refractivity contribution in [2.24, 2.45) is 11.5 Å². The number of amides is 2. The van der Waals surface area contributed by atoms with Crippen LogP contribution in [0.5, 0.6) is 0 Å². The van der Waals surface area contributed by atoms with Crippen LogP contribution in [0.15, 0.2) is 47.5 Å². The van der Waals surface area contributed by atoms with Gasteiger partial charge in [-0.3, -0.25) is 9.59 Å². The number of carbonyl (C=O) groups is 2. The molecule has 2 unspecified atom stereocenters. The number of hydrogen-bond donors (Lipinski definition) is 5. The summed E-state index contributed by atoms with van der Waals surface area (Å²) in [6.07, 6.45) is 4.70. The third-order valence-corrected chi connectivity index (χ3v) is 7.06. The lowest BCUT2D eigenvalue weighted by Crippen LogP contribution is -2.43. The van der Waals surface area contributed by atoms with E-state index >= 15 is 0 Å². The van der Waals surface area contributed by atoms with Gasteiger partial charge in [0, 0.05) is 29.4 Å². The van der Waals surface area contributed by atoms with Crippen LogP contribution in [-0.4, -0.2) is 42.3 Å². The highest BCUT2D eigenvalue weighted by atomic mass is 32.3. The summed E-state index contributed by atoms with van der Waals surface area (Å²) < 4.78 is 50.0. The number of primary amides is 1. The first-order chi connectivity index (χ1) is 17.9. The van der Waals surface area contributed by atoms with Crippen molar-refractivity contribution in [3.63, 3.8) is 0 Å². The molecule has 8 N–H and O–H groups in total. The van der Waals surface area contributed by atoms with Gasteiger partial charge in [-0.25, -0.2) is 14.4 Å². The van der Waals surface area contributed by atoms with Crippen molar-refractivity contribution in [2.75, 3.05) is 16.4 Å². The van der Waals surface area contributed by atoms with Crippen molar-refractivity contribution in [3.05, 3.63) is 59.5 Å². The number of anilines is 3. The fourth-order valence-electron chi connectivity index (χ4n) is 4.18. The van der Waals surface area contributed by atoms with Crippen molar-refractivity contribution in [3.8, 4) is 11.3 Å². The van der Waals surface area contributed by atoms with E-state index in [2.05, 4.69) is 20.6 Å². The Morgan fingerprint density at radius 3 is 2.39 bits per heavy atom. The van der Waals surface area contributed by atoms with E-state index in [4.69, 9.17) is 17.2 Å². The first-order valence-electron chi connectivity index (χ1n) is 11.6. The van der Waals surface area contributed by atoms with Crippen LogP contribution >= 0.6 is 0 Å². The summed E-state index contributed by atoms with van der Waals surface area (Å²) in [6, 6.07) is 6.07. The van der Waals surface area contributed by atoms with Gasteiger partial charge in [0.25, 0.3) is 11.8 Å². The Morgan fingerprint density at radius 2 is 1.76 bits per heavy atom. The molecule has 1 saturated carbocycles. The summed E-state index contributed by atoms with van der Waals surface area (Å²) in [7, 11) is -4.92. The fourth-order valence-corrected chi connectivity index (χ4v) is 4.64. The third kappa shape index (κ3) is 5.86. The van der Waals surface area contributed by atoms with Crippen molar-refractivity contribution >= 4 is 39.4 Å². The number of hydrogen-bond acceptors (Lipinski definition) is 9. The van der Waals surface area contributed by atoms with Gasteiger partial charge in [0.1, 0.15) is 5.82 Å². The summed E-state index contributed by atoms with van der Waals surface area (Å²) in [5, 5.41) is 5.54. The second kappa shape index (κ2) is 10.7. The number of nitrogens with zero attached hydrogens (tertiary/aromatic N) is 2. The topological polar surface area (TPSA) is 196 Å². The average Bonchev–Trinajstić information content (AvgIpc) is 2.87. The second-order valence-corrected chi connectivity index (χ2v) is 10.2. The van der Waals surface area contributed by atoms with E-state index in [1.54, 1.807) is 0 Å². The maximum absolute atomic E-state index is 14.9. The highest BCUT2D eigenvalue weighted by Gasteiger charge is 2.25. The molecule has 2 heterocycles. The molecule has 38 heavy (non-hydrogen) atoms. The summed E-state index contributed by atoms with van der Waals surface area (Å²) in [4.78, 5) is 32.5. The molecule has 2 atom stereocenters. The minimum absolute atomic E-state index is 0.00582. The van der Waals surface area contributed by atoms with Crippen LogP contribution in [0, 0.1) is 5.82 Å². The third-order valence-electron chi connectivity index (χ3n) is 6.22. The number of nitrogens with one attached hydrogen (secondary N) is 2. The molecule has 2 amide bonds. The molecule has 0 bridgehead atoms. The SMILES string of the molecule is NC(=O)c1cc(F)c(NC2CCCCC2N)nc1-c1cnc(N)c(NC(=O)c2ccc(S(=O)(=O)F)cc2)c1. The Kier molecular flexibility index (Phi) is 7.55. The lowest BCUT2D eigenvalue weighted by Gasteiger charge is -2.30. The van der Waals surface area contributed by atoms with Crippen molar-refractivity contribution < 1.29 is 26.3 Å². The van der Waals surface area contributed by atoms with Crippen molar-refractivity contribution in [1.29, 1.82) is 0 Å². The number of benzene rings is 1. The molecular weight excluding hydrogens is 520 g/mol. The first kappa shape index (κ1) is 26.9. The van der Waals surface area contributed by atoms with Crippen LogP contribution in [0.25, 0.3) is 11.3 Å². The fraction of sp³-hybridized carbons (Fsp3) is 0.250. The smallest absolute Gasteiger partial charge is 0.332 e. The second-order valence-electron chi connectivity index (χ2n) is 8.85. The van der Waals surface area contributed by atoms with Gasteiger partial charge in [-0.15, -0.1) is 3.89 Å². The highest BCUT2D eigenvalue weighted by molar-refractivity contribution is 7.86. The highest BCUT2D eigenvalue weighted by Crippen LogP contribution is 2.30. The van der Waals surface area contributed by atoms with Gasteiger partial charge in [-0.05, 0) is 49.2 Å². The molecule has 4 rings (SSSR count). The van der Waals surface area contributed by atoms with E-state index in [1.165, 1.54) is 12.3 Å². The zero-order valence-electron chi connectivity index (χ0n) is 19.9. The van der Waals surface area contributed by atoms with E-state index in [-0.39, 0.29) is 51.8 Å². The normalized spacial score (nSPS) is 17.6. The Balaban J connectivity index is 1.66. The average molecular weight is 546 g/mol. The molecule has 3 aromatic rings. The van der Waals surface area contributed by atoms with Crippen LogP contribution < -0.4 is 27.8 Å². The first-order valence-corrected chi connectivity index (χ1v) is 13.0. The summed E-state index contributed by atoms with van der Waals surface area (Å²) in [5.74, 6) is -2.61. The van der Waals surface area contributed by atoms with Gasteiger partial charge in [0.15, 0.2) is 11.6 Å². The molecule has 0 spiro atoms. The molecule has 1 fully saturated rings. The zero-order valence-corrected chi connectivity index (χ0v) is 20.8. The standard InChI is InChI=1S/C24H25F2N7O4S/c25-16-10-15(22(29)34)20(33-23(16)31-18-4-2-1-3-17(18)27)13-9-19(21(28)30-11-13)32-24(35)12-5-7-14(8-6-12)38(26,36)37/h5-11,17-18H,1-4,27H2,(H2,28,30)(H2,29,34)(H,31,33)(H,32,35). The molecule has 14 heteroatoms. The number of carbonyl (C=O) groups excluding carboxylic acids is 2. The predicted octanol–water partition coefficient (Wildman–Crippen LogP) is 2.56. The Labute approximate surface area is 217 Å². The van der Waals surface area contributed by atoms with E-state index in [9.17, 15) is 26.3 Å². The van der Waals surface area contributed by atoms with Crippen LogP contribution in [0.1, 0.15) is 46.4 Å². The summed E-state index contributed by atoms with van der Waals surface area (Å²) in [5.41, 5.74) is 17.6. The van der Waals surface area contributed by atoms with Gasteiger partial charge in [0.05, 0.1) is 21.8 Å². The molecule has 11 nitrogen and oxygen atoms in total. The van der Waals surface area contributed by atoms with Crippen molar-refractivity contribution in [1.82, 2.24) is 9.97 Å². The monoisotopic (exact) mass is 545 g/mol. The molecule has 1 aliphatic carbocycles. The predicted molar refractivity (Wildman–Crippen MR) is 137 cm³/mol. The molecule has 0 radical (unpaired) electrons. The van der Waals surface area contributed by atoms with E-state index in [1.807, 2.05) is 0 Å². The molecule has 0 aliphatic heterocycles. The van der Waals surface area contributed by atoms with Gasteiger partial charge < -0.3 is 27.8 Å². The van der Waals surface area contributed by atoms with Crippen LogP contribution in [-0.2, 0) is 10.2 Å². The lowest BCUT2D eigenvalue weighted by atomic mass is 9.91. The molecule has 0 saturated heterocycles. The number of aromatic nitrogens is 2. The number of rotatable bonds is 7. The van der Waals surface area contributed by atoms with Gasteiger partial charge in [-0.2, -0.15) is 8.42 Å². The minimum Gasteiger partial charge on any atom is -0.382 e. The van der Waals surface area contributed by atoms with Crippen LogP contribution in [0.4, 0.5) is 25.6 Å². The zero-order chi connectivity index (χ0) is 27.6. The number of nitrogens with two attached hydrogens (primary N) is 3. The quantitative estimate of drug-likeness (QED) is 0.277. The summed E-state index contributed by atoms with van der Waals surface area (Å²) >= 11 is 0. The van der Waals surface area contributed by atoms with Gasteiger partial charge >= 0.3 is 10.2 Å².